The highest BCUT2D eigenvalue weighted by Gasteiger charge is 2.15. The number of hydrogen-bond donors (Lipinski definition) is 4. The summed E-state index contributed by atoms with van der Waals surface area (Å²) in [5.74, 6) is -1.54. The molecule has 31 heavy (non-hydrogen) atoms. The van der Waals surface area contributed by atoms with Gasteiger partial charge in [-0.2, -0.15) is 0 Å². The van der Waals surface area contributed by atoms with Gasteiger partial charge in [0.05, 0.1) is 22.2 Å². The molecule has 2 aromatic carbocycles. The molecule has 0 unspecified atom stereocenters. The molecule has 5 N–H and O–H groups in total. The molecule has 10 nitrogen and oxygen atoms in total. The second kappa shape index (κ2) is 9.08. The van der Waals surface area contributed by atoms with Crippen molar-refractivity contribution in [3.8, 4) is 0 Å². The van der Waals surface area contributed by atoms with E-state index < -0.39 is 29.0 Å². The van der Waals surface area contributed by atoms with Crippen molar-refractivity contribution in [1.29, 1.82) is 0 Å². The first-order valence-corrected chi connectivity index (χ1v) is 9.55. The van der Waals surface area contributed by atoms with E-state index in [9.17, 15) is 24.0 Å². The third kappa shape index (κ3) is 4.69. The highest BCUT2D eigenvalue weighted by Crippen LogP contribution is 2.17. The molecule has 0 spiro atoms. The molecule has 3 amide bonds. The average Bonchev–Trinajstić information content (AvgIpc) is 2.73. The lowest BCUT2D eigenvalue weighted by Crippen LogP contribution is -2.34. The van der Waals surface area contributed by atoms with Gasteiger partial charge in [0.25, 0.3) is 17.4 Å². The van der Waals surface area contributed by atoms with Gasteiger partial charge in [-0.3, -0.25) is 23.7 Å². The van der Waals surface area contributed by atoms with E-state index >= 15 is 0 Å². The lowest BCUT2D eigenvalue weighted by atomic mass is 10.1. The topological polar surface area (TPSA) is 156 Å². The Hall–Kier alpha value is -4.21. The van der Waals surface area contributed by atoms with Crippen molar-refractivity contribution in [2.45, 2.75) is 19.9 Å². The van der Waals surface area contributed by atoms with Crippen LogP contribution in [-0.4, -0.2) is 33.8 Å². The van der Waals surface area contributed by atoms with Gasteiger partial charge in [-0.15, -0.1) is 0 Å². The van der Waals surface area contributed by atoms with Crippen molar-refractivity contribution in [1.82, 2.24) is 14.9 Å². The fourth-order valence-corrected chi connectivity index (χ4v) is 3.06. The first-order chi connectivity index (χ1) is 14.8. The van der Waals surface area contributed by atoms with Gasteiger partial charge < -0.3 is 21.4 Å². The van der Waals surface area contributed by atoms with Crippen molar-refractivity contribution in [3.05, 3.63) is 74.4 Å². The number of anilines is 1. The predicted molar refractivity (Wildman–Crippen MR) is 115 cm³/mol. The van der Waals surface area contributed by atoms with Crippen LogP contribution >= 0.6 is 0 Å². The number of carbonyl (C=O) groups is 3. The summed E-state index contributed by atoms with van der Waals surface area (Å²) in [4.78, 5) is 63.0. The largest absolute Gasteiger partial charge is 0.370 e. The molecule has 0 fully saturated rings. The quantitative estimate of drug-likeness (QED) is 0.437. The van der Waals surface area contributed by atoms with E-state index in [-0.39, 0.29) is 47.2 Å². The summed E-state index contributed by atoms with van der Waals surface area (Å²) in [6.07, 6.45) is -0.00467. The van der Waals surface area contributed by atoms with Crippen LogP contribution in [0.3, 0.4) is 0 Å². The average molecular weight is 423 g/mol. The maximum Gasteiger partial charge on any atom is 0.328 e. The van der Waals surface area contributed by atoms with Crippen LogP contribution in [0.1, 0.15) is 34.1 Å². The molecule has 160 valence electrons. The highest BCUT2D eigenvalue weighted by atomic mass is 16.2. The Morgan fingerprint density at radius 1 is 1.06 bits per heavy atom. The minimum Gasteiger partial charge on any atom is -0.370 e. The van der Waals surface area contributed by atoms with Crippen LogP contribution in [0.15, 0.2) is 52.1 Å². The Bertz CT molecular complexity index is 1290. The lowest BCUT2D eigenvalue weighted by molar-refractivity contribution is -0.117. The standard InChI is InChI=1S/C21H21N5O5/c1-2-26-20(30)14-8-7-12(11-16(14)25-21(26)31)18(28)24-15-6-4-3-5-13(15)19(29)23-10-9-17(22)27/h3-8,11H,2,9-10H2,1H3,(H2,22,27)(H,23,29)(H,24,28)(H,25,31). The Balaban J connectivity index is 1.86. The summed E-state index contributed by atoms with van der Waals surface area (Å²) < 4.78 is 1.06. The number of H-pyrrole nitrogens is 1. The summed E-state index contributed by atoms with van der Waals surface area (Å²) in [6.45, 7) is 1.99. The van der Waals surface area contributed by atoms with Gasteiger partial charge >= 0.3 is 5.69 Å². The molecule has 0 saturated heterocycles. The van der Waals surface area contributed by atoms with Crippen LogP contribution in [0.4, 0.5) is 5.69 Å². The second-order valence-electron chi connectivity index (χ2n) is 6.71. The first-order valence-electron chi connectivity index (χ1n) is 9.55. The van der Waals surface area contributed by atoms with Gasteiger partial charge in [0, 0.05) is 25.1 Å². The first kappa shape index (κ1) is 21.5. The summed E-state index contributed by atoms with van der Waals surface area (Å²) in [6, 6.07) is 10.7. The fraction of sp³-hybridized carbons (Fsp3) is 0.190. The van der Waals surface area contributed by atoms with E-state index in [2.05, 4.69) is 15.6 Å². The maximum absolute atomic E-state index is 12.7. The van der Waals surface area contributed by atoms with E-state index in [1.54, 1.807) is 25.1 Å². The SMILES string of the molecule is CCn1c(=O)[nH]c2cc(C(=O)Nc3ccccc3C(=O)NCCC(N)=O)ccc2c1=O. The number of primary amides is 1. The minimum atomic E-state index is -0.560. The van der Waals surface area contributed by atoms with Crippen LogP contribution in [-0.2, 0) is 11.3 Å². The van der Waals surface area contributed by atoms with Gasteiger partial charge in [-0.05, 0) is 37.3 Å². The number of aromatic amines is 1. The number of aromatic nitrogens is 2. The molecule has 0 aliphatic heterocycles. The van der Waals surface area contributed by atoms with Crippen molar-refractivity contribution >= 4 is 34.3 Å². The predicted octanol–water partition coefficient (Wildman–Crippen LogP) is 0.567. The van der Waals surface area contributed by atoms with Crippen molar-refractivity contribution < 1.29 is 14.4 Å². The molecule has 10 heteroatoms. The highest BCUT2D eigenvalue weighted by molar-refractivity contribution is 6.10. The molecule has 3 rings (SSSR count). The zero-order chi connectivity index (χ0) is 22.5. The smallest absolute Gasteiger partial charge is 0.328 e. The van der Waals surface area contributed by atoms with Gasteiger partial charge in [0.2, 0.25) is 5.91 Å². The molecule has 1 heterocycles. The monoisotopic (exact) mass is 423 g/mol. The lowest BCUT2D eigenvalue weighted by Gasteiger charge is -2.12. The zero-order valence-electron chi connectivity index (χ0n) is 16.7. The van der Waals surface area contributed by atoms with Crippen LogP contribution in [0.5, 0.6) is 0 Å². The molecule has 3 aromatic rings. The number of para-hydroxylation sites is 1. The number of nitrogens with two attached hydrogens (primary N) is 1. The molecule has 0 saturated carbocycles. The number of amides is 3. The Labute approximate surface area is 176 Å². The minimum absolute atomic E-state index is 0.00467. The summed E-state index contributed by atoms with van der Waals surface area (Å²) in [5.41, 5.74) is 4.97. The third-order valence-electron chi connectivity index (χ3n) is 4.64. The summed E-state index contributed by atoms with van der Waals surface area (Å²) >= 11 is 0. The number of nitrogens with zero attached hydrogens (tertiary/aromatic N) is 1. The number of hydrogen-bond acceptors (Lipinski definition) is 5. The zero-order valence-corrected chi connectivity index (χ0v) is 16.7. The van der Waals surface area contributed by atoms with E-state index in [1.165, 1.54) is 24.3 Å². The van der Waals surface area contributed by atoms with Crippen LogP contribution in [0.25, 0.3) is 10.9 Å². The number of carbonyl (C=O) groups excluding carboxylic acids is 3. The maximum atomic E-state index is 12.7. The Morgan fingerprint density at radius 3 is 2.52 bits per heavy atom. The molecular formula is C21H21N5O5. The van der Waals surface area contributed by atoms with Crippen molar-refractivity contribution in [2.75, 3.05) is 11.9 Å². The van der Waals surface area contributed by atoms with Crippen molar-refractivity contribution in [3.63, 3.8) is 0 Å². The normalized spacial score (nSPS) is 10.6. The van der Waals surface area contributed by atoms with E-state index in [4.69, 9.17) is 5.73 Å². The second-order valence-corrected chi connectivity index (χ2v) is 6.71. The molecule has 0 bridgehead atoms. The Morgan fingerprint density at radius 2 is 1.81 bits per heavy atom. The van der Waals surface area contributed by atoms with Gasteiger partial charge in [0.15, 0.2) is 0 Å². The number of nitrogens with one attached hydrogen (secondary N) is 3. The molecular weight excluding hydrogens is 402 g/mol. The van der Waals surface area contributed by atoms with Crippen LogP contribution in [0, 0.1) is 0 Å². The molecule has 0 radical (unpaired) electrons. The van der Waals surface area contributed by atoms with E-state index in [0.29, 0.717) is 0 Å². The molecule has 0 atom stereocenters. The van der Waals surface area contributed by atoms with Gasteiger partial charge in [-0.25, -0.2) is 4.79 Å². The third-order valence-corrected chi connectivity index (χ3v) is 4.64. The van der Waals surface area contributed by atoms with Crippen molar-refractivity contribution in [2.24, 2.45) is 5.73 Å². The van der Waals surface area contributed by atoms with Crippen LogP contribution in [0.2, 0.25) is 0 Å². The number of benzene rings is 2. The van der Waals surface area contributed by atoms with E-state index in [0.717, 1.165) is 4.57 Å². The van der Waals surface area contributed by atoms with Gasteiger partial charge in [-0.1, -0.05) is 12.1 Å². The molecule has 0 aliphatic carbocycles. The molecule has 0 aliphatic rings. The van der Waals surface area contributed by atoms with Gasteiger partial charge in [0.1, 0.15) is 0 Å². The number of rotatable bonds is 7. The Kier molecular flexibility index (Phi) is 6.29. The fourth-order valence-electron chi connectivity index (χ4n) is 3.06. The summed E-state index contributed by atoms with van der Waals surface area (Å²) in [5, 5.41) is 5.50. The van der Waals surface area contributed by atoms with E-state index in [1.807, 2.05) is 0 Å². The molecule has 1 aromatic heterocycles. The summed E-state index contributed by atoms with van der Waals surface area (Å²) in [7, 11) is 0. The van der Waals surface area contributed by atoms with Crippen LogP contribution < -0.4 is 27.6 Å². The number of fused-ring (bicyclic) bond motifs is 1.